The fraction of sp³-hybridized carbons (Fsp3) is 0.0500. The molecular weight excluding hydrogens is 376 g/mol. The summed E-state index contributed by atoms with van der Waals surface area (Å²) >= 11 is 3.13. The van der Waals surface area contributed by atoms with Crippen LogP contribution >= 0.6 is 22.7 Å². The number of aromatic amines is 1. The van der Waals surface area contributed by atoms with Crippen LogP contribution in [0.3, 0.4) is 0 Å². The van der Waals surface area contributed by atoms with Crippen LogP contribution in [-0.4, -0.2) is 21.1 Å². The molecule has 0 aliphatic heterocycles. The van der Waals surface area contributed by atoms with Crippen molar-refractivity contribution >= 4 is 54.7 Å². The maximum atomic E-state index is 12.8. The zero-order chi connectivity index (χ0) is 18.4. The number of H-pyrrole nitrogens is 1. The number of thiazole rings is 1. The molecular formula is C20H14N4OS2. The summed E-state index contributed by atoms with van der Waals surface area (Å²) in [5, 5.41) is 14.7. The molecule has 2 N–H and O–H groups in total. The standard InChI is InChI=1S/C20H14N4OS2/c1-11-10-26-20(22-11)23-19(25)13-6-14-9-21-24-18(14)15(7-13)17-8-12-4-2-3-5-16(12)27-17/h2-10H,1H3,(H,21,24)(H,22,23,25). The van der Waals surface area contributed by atoms with Crippen molar-refractivity contribution in [2.75, 3.05) is 5.32 Å². The molecule has 0 aliphatic carbocycles. The van der Waals surface area contributed by atoms with Crippen molar-refractivity contribution in [3.05, 3.63) is 65.3 Å². The van der Waals surface area contributed by atoms with Gasteiger partial charge in [-0.05, 0) is 36.6 Å². The van der Waals surface area contributed by atoms with E-state index >= 15 is 0 Å². The van der Waals surface area contributed by atoms with Crippen LogP contribution in [0.4, 0.5) is 5.13 Å². The van der Waals surface area contributed by atoms with Crippen molar-refractivity contribution in [2.24, 2.45) is 0 Å². The van der Waals surface area contributed by atoms with Gasteiger partial charge in [0, 0.05) is 31.5 Å². The van der Waals surface area contributed by atoms with Crippen LogP contribution in [0, 0.1) is 6.92 Å². The quantitative estimate of drug-likeness (QED) is 0.430. The van der Waals surface area contributed by atoms with Gasteiger partial charge in [-0.15, -0.1) is 22.7 Å². The van der Waals surface area contributed by atoms with Crippen LogP contribution in [0.25, 0.3) is 31.4 Å². The molecule has 5 nitrogen and oxygen atoms in total. The zero-order valence-corrected chi connectivity index (χ0v) is 15.9. The molecule has 3 aromatic heterocycles. The number of benzene rings is 2. The van der Waals surface area contributed by atoms with Gasteiger partial charge in [-0.3, -0.25) is 15.2 Å². The molecule has 0 saturated carbocycles. The molecule has 0 saturated heterocycles. The highest BCUT2D eigenvalue weighted by Crippen LogP contribution is 2.37. The maximum Gasteiger partial charge on any atom is 0.257 e. The lowest BCUT2D eigenvalue weighted by Gasteiger charge is -2.06. The van der Waals surface area contributed by atoms with Gasteiger partial charge in [0.15, 0.2) is 5.13 Å². The first-order valence-electron chi connectivity index (χ1n) is 8.37. The molecule has 0 aliphatic rings. The molecule has 7 heteroatoms. The van der Waals surface area contributed by atoms with Gasteiger partial charge in [-0.2, -0.15) is 5.10 Å². The van der Waals surface area contributed by atoms with E-state index in [1.165, 1.54) is 21.4 Å². The van der Waals surface area contributed by atoms with Crippen LogP contribution in [0.2, 0.25) is 0 Å². The van der Waals surface area contributed by atoms with E-state index in [2.05, 4.69) is 38.7 Å². The lowest BCUT2D eigenvalue weighted by atomic mass is 10.0. The van der Waals surface area contributed by atoms with Crippen LogP contribution < -0.4 is 5.32 Å². The zero-order valence-electron chi connectivity index (χ0n) is 14.3. The van der Waals surface area contributed by atoms with E-state index in [-0.39, 0.29) is 5.91 Å². The number of fused-ring (bicyclic) bond motifs is 2. The van der Waals surface area contributed by atoms with E-state index in [9.17, 15) is 4.79 Å². The molecule has 3 heterocycles. The van der Waals surface area contributed by atoms with E-state index in [1.54, 1.807) is 17.5 Å². The van der Waals surface area contributed by atoms with Crippen LogP contribution in [0.15, 0.2) is 54.0 Å². The Kier molecular flexibility index (Phi) is 3.77. The van der Waals surface area contributed by atoms with Gasteiger partial charge >= 0.3 is 0 Å². The number of carbonyl (C=O) groups is 1. The van der Waals surface area contributed by atoms with Gasteiger partial charge in [0.05, 0.1) is 17.4 Å². The van der Waals surface area contributed by atoms with Gasteiger partial charge in [-0.1, -0.05) is 18.2 Å². The SMILES string of the molecule is Cc1csc(NC(=O)c2cc(-c3cc4ccccc4s3)c3[nH]ncc3c2)n1. The molecule has 0 radical (unpaired) electrons. The number of aromatic nitrogens is 3. The van der Waals surface area contributed by atoms with Crippen molar-refractivity contribution in [1.29, 1.82) is 0 Å². The summed E-state index contributed by atoms with van der Waals surface area (Å²) in [6.07, 6.45) is 1.75. The van der Waals surface area contributed by atoms with E-state index in [0.29, 0.717) is 10.7 Å². The third kappa shape index (κ3) is 2.90. The van der Waals surface area contributed by atoms with Crippen molar-refractivity contribution in [3.8, 4) is 10.4 Å². The first-order chi connectivity index (χ1) is 13.2. The molecule has 0 atom stereocenters. The van der Waals surface area contributed by atoms with E-state index in [1.807, 2.05) is 36.6 Å². The number of carbonyl (C=O) groups excluding carboxylic acids is 1. The summed E-state index contributed by atoms with van der Waals surface area (Å²) in [6.45, 7) is 1.91. The fourth-order valence-electron chi connectivity index (χ4n) is 3.08. The Morgan fingerprint density at radius 2 is 2.04 bits per heavy atom. The molecule has 27 heavy (non-hydrogen) atoms. The number of rotatable bonds is 3. The average molecular weight is 390 g/mol. The molecule has 0 bridgehead atoms. The minimum Gasteiger partial charge on any atom is -0.298 e. The predicted molar refractivity (Wildman–Crippen MR) is 112 cm³/mol. The summed E-state index contributed by atoms with van der Waals surface area (Å²) in [5.74, 6) is -0.171. The molecule has 132 valence electrons. The second kappa shape index (κ2) is 6.29. The lowest BCUT2D eigenvalue weighted by molar-refractivity contribution is 0.102. The highest BCUT2D eigenvalue weighted by molar-refractivity contribution is 7.22. The topological polar surface area (TPSA) is 70.7 Å². The fourth-order valence-corrected chi connectivity index (χ4v) is 4.85. The van der Waals surface area contributed by atoms with E-state index < -0.39 is 0 Å². The Morgan fingerprint density at radius 3 is 2.85 bits per heavy atom. The predicted octanol–water partition coefficient (Wildman–Crippen LogP) is 5.46. The first kappa shape index (κ1) is 16.2. The van der Waals surface area contributed by atoms with Gasteiger partial charge in [0.2, 0.25) is 0 Å². The number of aryl methyl sites for hydroxylation is 1. The Hall–Kier alpha value is -3.03. The Bertz CT molecular complexity index is 1260. The van der Waals surface area contributed by atoms with E-state index in [0.717, 1.165) is 27.0 Å². The van der Waals surface area contributed by atoms with Crippen molar-refractivity contribution in [2.45, 2.75) is 6.92 Å². The van der Waals surface area contributed by atoms with Crippen molar-refractivity contribution in [3.63, 3.8) is 0 Å². The molecule has 1 amide bonds. The minimum atomic E-state index is -0.171. The number of nitrogens with one attached hydrogen (secondary N) is 2. The van der Waals surface area contributed by atoms with Gasteiger partial charge in [0.25, 0.3) is 5.91 Å². The number of amides is 1. The Morgan fingerprint density at radius 1 is 1.15 bits per heavy atom. The van der Waals surface area contributed by atoms with E-state index in [4.69, 9.17) is 0 Å². The number of anilines is 1. The smallest absolute Gasteiger partial charge is 0.257 e. The highest BCUT2D eigenvalue weighted by atomic mass is 32.1. The summed E-state index contributed by atoms with van der Waals surface area (Å²) in [6, 6.07) is 14.2. The monoisotopic (exact) mass is 390 g/mol. The van der Waals surface area contributed by atoms with Crippen LogP contribution in [0.1, 0.15) is 16.1 Å². The number of thiophene rings is 1. The normalized spacial score (nSPS) is 11.3. The first-order valence-corrected chi connectivity index (χ1v) is 10.1. The van der Waals surface area contributed by atoms with Crippen molar-refractivity contribution < 1.29 is 4.79 Å². The average Bonchev–Trinajstić information content (AvgIpc) is 3.39. The summed E-state index contributed by atoms with van der Waals surface area (Å²) in [4.78, 5) is 18.2. The molecule has 0 unspecified atom stereocenters. The third-order valence-corrected chi connectivity index (χ3v) is 6.37. The molecule has 0 spiro atoms. The molecule has 0 fully saturated rings. The van der Waals surface area contributed by atoms with Crippen LogP contribution in [0.5, 0.6) is 0 Å². The lowest BCUT2D eigenvalue weighted by Crippen LogP contribution is -2.11. The van der Waals surface area contributed by atoms with Gasteiger partial charge in [-0.25, -0.2) is 4.98 Å². The number of hydrogen-bond donors (Lipinski definition) is 2. The molecule has 5 aromatic rings. The Balaban J connectivity index is 1.61. The molecule has 2 aromatic carbocycles. The van der Waals surface area contributed by atoms with Gasteiger partial charge < -0.3 is 0 Å². The highest BCUT2D eigenvalue weighted by Gasteiger charge is 2.15. The maximum absolute atomic E-state index is 12.8. The Labute approximate surface area is 162 Å². The minimum absolute atomic E-state index is 0.171. The molecule has 5 rings (SSSR count). The largest absolute Gasteiger partial charge is 0.298 e. The van der Waals surface area contributed by atoms with Crippen LogP contribution in [-0.2, 0) is 0 Å². The summed E-state index contributed by atoms with van der Waals surface area (Å²) in [7, 11) is 0. The second-order valence-corrected chi connectivity index (χ2v) is 8.20. The second-order valence-electron chi connectivity index (χ2n) is 6.25. The number of nitrogens with zero attached hydrogens (tertiary/aromatic N) is 2. The van der Waals surface area contributed by atoms with Gasteiger partial charge in [0.1, 0.15) is 0 Å². The van der Waals surface area contributed by atoms with Crippen molar-refractivity contribution in [1.82, 2.24) is 15.2 Å². The third-order valence-electron chi connectivity index (χ3n) is 4.34. The summed E-state index contributed by atoms with van der Waals surface area (Å²) < 4.78 is 1.22. The number of hydrogen-bond acceptors (Lipinski definition) is 5. The summed E-state index contributed by atoms with van der Waals surface area (Å²) in [5.41, 5.74) is 3.39.